The largest absolute Gasteiger partial charge is 0.378 e. The summed E-state index contributed by atoms with van der Waals surface area (Å²) in [5.41, 5.74) is 0. The van der Waals surface area contributed by atoms with Crippen LogP contribution in [-0.4, -0.2) is 58.7 Å². The lowest BCUT2D eigenvalue weighted by molar-refractivity contribution is 0.157. The van der Waals surface area contributed by atoms with E-state index in [2.05, 4.69) is 29.5 Å². The number of hydrogen-bond acceptors (Lipinski definition) is 4. The van der Waals surface area contributed by atoms with Gasteiger partial charge >= 0.3 is 0 Å². The Morgan fingerprint density at radius 2 is 1.95 bits per heavy atom. The summed E-state index contributed by atoms with van der Waals surface area (Å²) in [6, 6.07) is 0.385. The SMILES string of the molecule is CCCCCC(C)NC(=NCCOCCS(C)(=O)=O)NCC. The Bertz CT molecular complexity index is 397. The van der Waals surface area contributed by atoms with Crippen LogP contribution in [0.4, 0.5) is 0 Å². The first-order chi connectivity index (χ1) is 10.4. The van der Waals surface area contributed by atoms with Crippen LogP contribution in [0.5, 0.6) is 0 Å². The van der Waals surface area contributed by atoms with E-state index in [-0.39, 0.29) is 12.4 Å². The van der Waals surface area contributed by atoms with E-state index < -0.39 is 9.84 Å². The van der Waals surface area contributed by atoms with Crippen molar-refractivity contribution in [3.63, 3.8) is 0 Å². The zero-order chi connectivity index (χ0) is 16.8. The van der Waals surface area contributed by atoms with Gasteiger partial charge in [-0.05, 0) is 20.3 Å². The molecular weight excluding hydrogens is 302 g/mol. The van der Waals surface area contributed by atoms with E-state index >= 15 is 0 Å². The molecule has 0 aliphatic rings. The van der Waals surface area contributed by atoms with Crippen molar-refractivity contribution >= 4 is 15.8 Å². The molecule has 0 heterocycles. The summed E-state index contributed by atoms with van der Waals surface area (Å²) >= 11 is 0. The Morgan fingerprint density at radius 3 is 2.55 bits per heavy atom. The van der Waals surface area contributed by atoms with E-state index in [1.165, 1.54) is 25.5 Å². The fraction of sp³-hybridized carbons (Fsp3) is 0.933. The van der Waals surface area contributed by atoms with Gasteiger partial charge in [-0.2, -0.15) is 0 Å². The van der Waals surface area contributed by atoms with E-state index in [0.717, 1.165) is 18.9 Å². The smallest absolute Gasteiger partial charge is 0.191 e. The normalized spacial score (nSPS) is 13.9. The molecule has 0 rings (SSSR count). The van der Waals surface area contributed by atoms with Gasteiger partial charge in [0.25, 0.3) is 0 Å². The maximum atomic E-state index is 11.0. The summed E-state index contributed by atoms with van der Waals surface area (Å²) in [6.45, 7) is 8.37. The highest BCUT2D eigenvalue weighted by atomic mass is 32.2. The number of sulfone groups is 1. The molecule has 6 nitrogen and oxygen atoms in total. The van der Waals surface area contributed by atoms with Crippen LogP contribution < -0.4 is 10.6 Å². The molecule has 0 saturated heterocycles. The van der Waals surface area contributed by atoms with Crippen LogP contribution in [0.3, 0.4) is 0 Å². The highest BCUT2D eigenvalue weighted by Gasteiger charge is 2.05. The summed E-state index contributed by atoms with van der Waals surface area (Å²) in [5, 5.41) is 6.59. The molecular formula is C15H33N3O3S. The van der Waals surface area contributed by atoms with Crippen molar-refractivity contribution in [3.8, 4) is 0 Å². The molecule has 0 bridgehead atoms. The van der Waals surface area contributed by atoms with Gasteiger partial charge in [0, 0.05) is 18.8 Å². The third-order valence-corrected chi connectivity index (χ3v) is 3.98. The van der Waals surface area contributed by atoms with Crippen molar-refractivity contribution in [2.75, 3.05) is 38.3 Å². The number of ether oxygens (including phenoxy) is 1. The van der Waals surface area contributed by atoms with Crippen LogP contribution in [-0.2, 0) is 14.6 Å². The van der Waals surface area contributed by atoms with Gasteiger partial charge in [-0.15, -0.1) is 0 Å². The molecule has 1 unspecified atom stereocenters. The van der Waals surface area contributed by atoms with Crippen LogP contribution in [0, 0.1) is 0 Å². The van der Waals surface area contributed by atoms with Crippen LogP contribution in [0.1, 0.15) is 46.5 Å². The van der Waals surface area contributed by atoms with Crippen molar-refractivity contribution in [3.05, 3.63) is 0 Å². The fourth-order valence-electron chi connectivity index (χ4n) is 1.86. The predicted octanol–water partition coefficient (Wildman–Crippen LogP) is 1.57. The van der Waals surface area contributed by atoms with Gasteiger partial charge < -0.3 is 15.4 Å². The topological polar surface area (TPSA) is 79.8 Å². The second-order valence-electron chi connectivity index (χ2n) is 5.54. The molecule has 0 aromatic heterocycles. The molecule has 22 heavy (non-hydrogen) atoms. The lowest BCUT2D eigenvalue weighted by Crippen LogP contribution is -2.42. The first kappa shape index (κ1) is 21.2. The summed E-state index contributed by atoms with van der Waals surface area (Å²) in [7, 11) is -2.95. The number of hydrogen-bond donors (Lipinski definition) is 2. The Morgan fingerprint density at radius 1 is 1.23 bits per heavy atom. The van der Waals surface area contributed by atoms with Gasteiger partial charge in [-0.1, -0.05) is 26.2 Å². The Labute approximate surface area is 136 Å². The maximum absolute atomic E-state index is 11.0. The number of unbranched alkanes of at least 4 members (excludes halogenated alkanes) is 2. The van der Waals surface area contributed by atoms with Gasteiger partial charge in [-0.25, -0.2) is 8.42 Å². The fourth-order valence-corrected chi connectivity index (χ4v) is 2.28. The quantitative estimate of drug-likeness (QED) is 0.321. The molecule has 0 aromatic rings. The van der Waals surface area contributed by atoms with Crippen molar-refractivity contribution < 1.29 is 13.2 Å². The third-order valence-electron chi connectivity index (χ3n) is 3.07. The first-order valence-electron chi connectivity index (χ1n) is 8.19. The molecule has 7 heteroatoms. The average Bonchev–Trinajstić information content (AvgIpc) is 2.42. The molecule has 2 N–H and O–H groups in total. The van der Waals surface area contributed by atoms with Crippen molar-refractivity contribution in [2.24, 2.45) is 4.99 Å². The van der Waals surface area contributed by atoms with Crippen LogP contribution >= 0.6 is 0 Å². The van der Waals surface area contributed by atoms with E-state index in [4.69, 9.17) is 4.74 Å². The number of rotatable bonds is 12. The second-order valence-corrected chi connectivity index (χ2v) is 7.80. The minimum atomic E-state index is -2.95. The standard InChI is InChI=1S/C15H33N3O3S/c1-5-7-8-9-14(3)18-15(16-6-2)17-10-11-21-12-13-22(4,19)20/h14H,5-13H2,1-4H3,(H2,16,17,18). The monoisotopic (exact) mass is 335 g/mol. The van der Waals surface area contributed by atoms with Crippen LogP contribution in [0.15, 0.2) is 4.99 Å². The Hall–Kier alpha value is -0.820. The molecule has 132 valence electrons. The molecule has 1 atom stereocenters. The minimum absolute atomic E-state index is 0.0590. The van der Waals surface area contributed by atoms with E-state index in [1.807, 2.05) is 6.92 Å². The summed E-state index contributed by atoms with van der Waals surface area (Å²) in [6.07, 6.45) is 6.04. The lowest BCUT2D eigenvalue weighted by Gasteiger charge is -2.17. The summed E-state index contributed by atoms with van der Waals surface area (Å²) < 4.78 is 27.2. The Balaban J connectivity index is 3.99. The van der Waals surface area contributed by atoms with Crippen molar-refractivity contribution in [1.29, 1.82) is 0 Å². The molecule has 0 amide bonds. The molecule has 0 saturated carbocycles. The molecule has 0 spiro atoms. The zero-order valence-electron chi connectivity index (χ0n) is 14.5. The lowest BCUT2D eigenvalue weighted by atomic mass is 10.1. The number of nitrogens with one attached hydrogen (secondary N) is 2. The van der Waals surface area contributed by atoms with Gasteiger partial charge in [0.1, 0.15) is 9.84 Å². The molecule has 0 aliphatic carbocycles. The molecule has 0 fully saturated rings. The van der Waals surface area contributed by atoms with Gasteiger partial charge in [0.05, 0.1) is 25.5 Å². The molecule has 0 aromatic carbocycles. The Kier molecular flexibility index (Phi) is 12.2. The second kappa shape index (κ2) is 12.7. The highest BCUT2D eigenvalue weighted by Crippen LogP contribution is 2.02. The summed E-state index contributed by atoms with van der Waals surface area (Å²) in [5.74, 6) is 0.849. The number of nitrogens with zero attached hydrogens (tertiary/aromatic N) is 1. The summed E-state index contributed by atoms with van der Waals surface area (Å²) in [4.78, 5) is 4.44. The van der Waals surface area contributed by atoms with Gasteiger partial charge in [0.15, 0.2) is 5.96 Å². The molecule has 0 radical (unpaired) electrons. The highest BCUT2D eigenvalue weighted by molar-refractivity contribution is 7.90. The van der Waals surface area contributed by atoms with Crippen LogP contribution in [0.25, 0.3) is 0 Å². The van der Waals surface area contributed by atoms with Gasteiger partial charge in [-0.3, -0.25) is 4.99 Å². The van der Waals surface area contributed by atoms with E-state index in [1.54, 1.807) is 0 Å². The zero-order valence-corrected chi connectivity index (χ0v) is 15.3. The van der Waals surface area contributed by atoms with Crippen molar-refractivity contribution in [1.82, 2.24) is 10.6 Å². The van der Waals surface area contributed by atoms with E-state index in [9.17, 15) is 8.42 Å². The predicted molar refractivity (Wildman–Crippen MR) is 93.2 cm³/mol. The third kappa shape index (κ3) is 14.1. The number of guanidine groups is 1. The first-order valence-corrected chi connectivity index (χ1v) is 10.2. The van der Waals surface area contributed by atoms with Gasteiger partial charge in [0.2, 0.25) is 0 Å². The minimum Gasteiger partial charge on any atom is -0.378 e. The van der Waals surface area contributed by atoms with E-state index in [0.29, 0.717) is 19.2 Å². The molecule has 0 aliphatic heterocycles. The maximum Gasteiger partial charge on any atom is 0.191 e. The average molecular weight is 336 g/mol. The number of aliphatic imine (C=N–C) groups is 1. The van der Waals surface area contributed by atoms with Crippen LogP contribution in [0.2, 0.25) is 0 Å². The van der Waals surface area contributed by atoms with Crippen molar-refractivity contribution in [2.45, 2.75) is 52.5 Å².